The lowest BCUT2D eigenvalue weighted by atomic mass is 10.0. The Kier molecular flexibility index (Phi) is 9.06. The minimum Gasteiger partial charge on any atom is -0.491 e. The number of hydrogen-bond acceptors (Lipinski definition) is 4. The van der Waals surface area contributed by atoms with Crippen LogP contribution < -0.4 is 21.5 Å². The molecule has 25 heavy (non-hydrogen) atoms. The summed E-state index contributed by atoms with van der Waals surface area (Å²) in [4.78, 5) is 32.3. The first-order valence-corrected chi connectivity index (χ1v) is 8.41. The number of ether oxygens (including phenoxy) is 1. The molecule has 0 aliphatic rings. The third kappa shape index (κ3) is 8.19. The van der Waals surface area contributed by atoms with E-state index in [1.165, 1.54) is 0 Å². The van der Waals surface area contributed by atoms with Gasteiger partial charge in [-0.2, -0.15) is 0 Å². The molecule has 138 valence electrons. The molecule has 0 aliphatic carbocycles. The van der Waals surface area contributed by atoms with Gasteiger partial charge in [-0.1, -0.05) is 12.1 Å². The topological polar surface area (TPSA) is 125 Å². The van der Waals surface area contributed by atoms with Crippen LogP contribution in [0.25, 0.3) is 0 Å². The molecule has 0 aromatic heterocycles. The van der Waals surface area contributed by atoms with Crippen LogP contribution in [0.15, 0.2) is 18.2 Å². The zero-order valence-corrected chi connectivity index (χ0v) is 14.6. The lowest BCUT2D eigenvalue weighted by molar-refractivity contribution is -0.119. The Bertz CT molecular complexity index is 590. The van der Waals surface area contributed by atoms with Crippen LogP contribution in [0, 0.1) is 6.92 Å². The Morgan fingerprint density at radius 2 is 1.92 bits per heavy atom. The fourth-order valence-corrected chi connectivity index (χ4v) is 2.52. The summed E-state index contributed by atoms with van der Waals surface area (Å²) < 4.78 is 5.82. The van der Waals surface area contributed by atoms with Crippen LogP contribution in [0.4, 0.5) is 0 Å². The van der Waals surface area contributed by atoms with Crippen molar-refractivity contribution in [3.8, 4) is 5.75 Å². The number of carbonyl (C=O) groups excluding carboxylic acids is 3. The van der Waals surface area contributed by atoms with E-state index in [1.807, 2.05) is 25.1 Å². The number of rotatable bonds is 13. The maximum atomic E-state index is 10.9. The first kappa shape index (κ1) is 20.5. The van der Waals surface area contributed by atoms with Gasteiger partial charge in [-0.15, -0.1) is 0 Å². The van der Waals surface area contributed by atoms with Crippen molar-refractivity contribution in [2.45, 2.75) is 51.5 Å². The van der Waals surface area contributed by atoms with Crippen LogP contribution in [-0.2, 0) is 20.8 Å². The van der Waals surface area contributed by atoms with E-state index in [9.17, 15) is 14.4 Å². The van der Waals surface area contributed by atoms with Crippen LogP contribution in [0.3, 0.4) is 0 Å². The smallest absolute Gasteiger partial charge is 0.217 e. The molecule has 0 fully saturated rings. The molecule has 0 radical (unpaired) electrons. The number of benzene rings is 1. The van der Waals surface area contributed by atoms with Crippen molar-refractivity contribution in [1.82, 2.24) is 5.32 Å². The van der Waals surface area contributed by atoms with Gasteiger partial charge in [-0.3, -0.25) is 14.4 Å². The van der Waals surface area contributed by atoms with E-state index in [0.717, 1.165) is 36.1 Å². The predicted octanol–water partition coefficient (Wildman–Crippen LogP) is 0.952. The van der Waals surface area contributed by atoms with Crippen LogP contribution in [0.1, 0.15) is 43.2 Å². The lowest BCUT2D eigenvalue weighted by Gasteiger charge is -2.18. The summed E-state index contributed by atoms with van der Waals surface area (Å²) in [5, 5.41) is 2.64. The molecule has 7 heteroatoms. The summed E-state index contributed by atoms with van der Waals surface area (Å²) in [7, 11) is 0. The van der Waals surface area contributed by atoms with Gasteiger partial charge in [-0.25, -0.2) is 0 Å². The van der Waals surface area contributed by atoms with Crippen molar-refractivity contribution in [3.63, 3.8) is 0 Å². The SMILES string of the molecule is Cc1c(CCCCC(N)=O)cccc1OC[C@H](CCC(N)=O)NC=O. The summed E-state index contributed by atoms with van der Waals surface area (Å²) >= 11 is 0. The summed E-state index contributed by atoms with van der Waals surface area (Å²) in [6, 6.07) is 5.54. The molecule has 1 rings (SSSR count). The average molecular weight is 349 g/mol. The second kappa shape index (κ2) is 11.1. The van der Waals surface area contributed by atoms with Crippen molar-refractivity contribution < 1.29 is 19.1 Å². The highest BCUT2D eigenvalue weighted by Crippen LogP contribution is 2.23. The van der Waals surface area contributed by atoms with E-state index < -0.39 is 5.91 Å². The van der Waals surface area contributed by atoms with E-state index in [-0.39, 0.29) is 25.0 Å². The molecule has 0 unspecified atom stereocenters. The molecule has 1 aromatic carbocycles. The van der Waals surface area contributed by atoms with Gasteiger partial charge >= 0.3 is 0 Å². The van der Waals surface area contributed by atoms with Gasteiger partial charge in [0.25, 0.3) is 0 Å². The van der Waals surface area contributed by atoms with Gasteiger partial charge in [0.2, 0.25) is 18.2 Å². The molecular weight excluding hydrogens is 322 g/mol. The highest BCUT2D eigenvalue weighted by atomic mass is 16.5. The molecule has 0 saturated heterocycles. The minimum absolute atomic E-state index is 0.188. The van der Waals surface area contributed by atoms with Crippen LogP contribution in [0.2, 0.25) is 0 Å². The second-order valence-corrected chi connectivity index (χ2v) is 6.01. The number of carbonyl (C=O) groups is 3. The van der Waals surface area contributed by atoms with Crippen molar-refractivity contribution in [2.75, 3.05) is 6.61 Å². The van der Waals surface area contributed by atoms with Gasteiger partial charge in [0.15, 0.2) is 0 Å². The number of aryl methyl sites for hydroxylation is 1. The number of primary amides is 2. The molecule has 0 bridgehead atoms. The van der Waals surface area contributed by atoms with Crippen LogP contribution >= 0.6 is 0 Å². The third-order valence-corrected chi connectivity index (χ3v) is 4.00. The highest BCUT2D eigenvalue weighted by molar-refractivity contribution is 5.74. The molecule has 0 heterocycles. The summed E-state index contributed by atoms with van der Waals surface area (Å²) in [5.74, 6) is 0.0505. The van der Waals surface area contributed by atoms with Gasteiger partial charge in [0.05, 0.1) is 6.04 Å². The third-order valence-electron chi connectivity index (χ3n) is 4.00. The number of nitrogens with two attached hydrogens (primary N) is 2. The fraction of sp³-hybridized carbons (Fsp3) is 0.500. The van der Waals surface area contributed by atoms with Crippen molar-refractivity contribution in [3.05, 3.63) is 29.3 Å². The highest BCUT2D eigenvalue weighted by Gasteiger charge is 2.12. The largest absolute Gasteiger partial charge is 0.491 e. The molecule has 7 nitrogen and oxygen atoms in total. The number of nitrogens with one attached hydrogen (secondary N) is 1. The van der Waals surface area contributed by atoms with E-state index in [4.69, 9.17) is 16.2 Å². The lowest BCUT2D eigenvalue weighted by Crippen LogP contribution is -2.34. The first-order valence-electron chi connectivity index (χ1n) is 8.41. The predicted molar refractivity (Wildman–Crippen MR) is 94.8 cm³/mol. The van der Waals surface area contributed by atoms with Crippen molar-refractivity contribution in [1.29, 1.82) is 0 Å². The molecule has 0 aliphatic heterocycles. The molecule has 1 atom stereocenters. The van der Waals surface area contributed by atoms with E-state index in [2.05, 4.69) is 5.32 Å². The average Bonchev–Trinajstić information content (AvgIpc) is 2.56. The summed E-state index contributed by atoms with van der Waals surface area (Å²) in [6.07, 6.45) is 4.09. The van der Waals surface area contributed by atoms with E-state index in [1.54, 1.807) is 0 Å². The number of hydrogen-bond donors (Lipinski definition) is 3. The van der Waals surface area contributed by atoms with E-state index in [0.29, 0.717) is 19.3 Å². The monoisotopic (exact) mass is 349 g/mol. The Balaban J connectivity index is 2.59. The zero-order valence-electron chi connectivity index (χ0n) is 14.6. The molecular formula is C18H27N3O4. The quantitative estimate of drug-likeness (QED) is 0.362. The van der Waals surface area contributed by atoms with E-state index >= 15 is 0 Å². The molecule has 0 spiro atoms. The van der Waals surface area contributed by atoms with Crippen LogP contribution in [0.5, 0.6) is 5.75 Å². The molecule has 5 N–H and O–H groups in total. The molecule has 0 saturated carbocycles. The Labute approximate surface area is 148 Å². The van der Waals surface area contributed by atoms with Crippen LogP contribution in [-0.4, -0.2) is 30.9 Å². The minimum atomic E-state index is -0.410. The van der Waals surface area contributed by atoms with Gasteiger partial charge in [0, 0.05) is 12.8 Å². The van der Waals surface area contributed by atoms with Crippen molar-refractivity contribution in [2.24, 2.45) is 11.5 Å². The standard InChI is InChI=1S/C18H27N3O4/c1-13-14(5-2-3-8-17(19)23)6-4-7-16(13)25-11-15(21-12-22)9-10-18(20)24/h4,6-7,12,15H,2-3,5,8-11H2,1H3,(H2,19,23)(H2,20,24)(H,21,22)/t15-/m0/s1. The molecule has 3 amide bonds. The van der Waals surface area contributed by atoms with Gasteiger partial charge < -0.3 is 21.5 Å². The maximum absolute atomic E-state index is 10.9. The van der Waals surface area contributed by atoms with Crippen molar-refractivity contribution >= 4 is 18.2 Å². The molecule has 1 aromatic rings. The Morgan fingerprint density at radius 1 is 1.20 bits per heavy atom. The summed E-state index contributed by atoms with van der Waals surface area (Å²) in [6.45, 7) is 2.24. The zero-order chi connectivity index (χ0) is 18.7. The second-order valence-electron chi connectivity index (χ2n) is 6.01. The fourth-order valence-electron chi connectivity index (χ4n) is 2.52. The summed E-state index contributed by atoms with van der Waals surface area (Å²) in [5.41, 5.74) is 12.5. The first-order chi connectivity index (χ1) is 11.9. The van der Waals surface area contributed by atoms with Gasteiger partial charge in [0.1, 0.15) is 12.4 Å². The maximum Gasteiger partial charge on any atom is 0.217 e. The Morgan fingerprint density at radius 3 is 2.56 bits per heavy atom. The normalized spacial score (nSPS) is 11.6. The number of amides is 3. The van der Waals surface area contributed by atoms with Gasteiger partial charge in [-0.05, 0) is 49.8 Å². The number of unbranched alkanes of at least 4 members (excludes halogenated alkanes) is 1. The Hall–Kier alpha value is -2.57.